The van der Waals surface area contributed by atoms with Crippen LogP contribution in [0.3, 0.4) is 0 Å². The van der Waals surface area contributed by atoms with Gasteiger partial charge < -0.3 is 0 Å². The van der Waals surface area contributed by atoms with Crippen LogP contribution >= 0.6 is 0 Å². The summed E-state index contributed by atoms with van der Waals surface area (Å²) >= 11 is 0. The monoisotopic (exact) mass is 270 g/mol. The molecule has 1 saturated carbocycles. The number of rotatable bonds is 2. The molecule has 0 aliphatic heterocycles. The third-order valence-corrected chi connectivity index (χ3v) is 3.51. The molecule has 0 bridgehead atoms. The van der Waals surface area contributed by atoms with Crippen molar-refractivity contribution < 1.29 is 22.8 Å². The molecule has 102 valence electrons. The van der Waals surface area contributed by atoms with Gasteiger partial charge >= 0.3 is 6.18 Å². The van der Waals surface area contributed by atoms with Crippen LogP contribution in [-0.2, 0) is 9.59 Å². The summed E-state index contributed by atoms with van der Waals surface area (Å²) in [6.07, 6.45) is -4.43. The van der Waals surface area contributed by atoms with Crippen LogP contribution in [0.25, 0.3) is 0 Å². The molecule has 0 radical (unpaired) electrons. The standard InChI is InChI=1S/C14H13F3O2/c15-14(16,17)13(19)11-8-10(6-7-12(11)18)9-4-2-1-3-5-9/h1-5,10-11H,6-8H2/t10-,11+/m0/s1. The minimum absolute atomic E-state index is 0.0338. The summed E-state index contributed by atoms with van der Waals surface area (Å²) in [5, 5.41) is 0. The molecule has 0 amide bonds. The van der Waals surface area contributed by atoms with E-state index < -0.39 is 23.7 Å². The van der Waals surface area contributed by atoms with E-state index in [0.717, 1.165) is 5.56 Å². The molecule has 0 aromatic heterocycles. The average Bonchev–Trinajstić information content (AvgIpc) is 2.38. The first-order valence-electron chi connectivity index (χ1n) is 6.08. The highest BCUT2D eigenvalue weighted by atomic mass is 19.4. The number of carbonyl (C=O) groups is 2. The first-order chi connectivity index (χ1) is 8.89. The quantitative estimate of drug-likeness (QED) is 0.773. The van der Waals surface area contributed by atoms with Crippen molar-refractivity contribution in [2.24, 2.45) is 5.92 Å². The second-order valence-electron chi connectivity index (χ2n) is 4.76. The number of ketones is 2. The second-order valence-corrected chi connectivity index (χ2v) is 4.76. The highest BCUT2D eigenvalue weighted by Crippen LogP contribution is 2.37. The normalized spacial score (nSPS) is 24.3. The van der Waals surface area contributed by atoms with E-state index in [0.29, 0.717) is 6.42 Å². The molecule has 5 heteroatoms. The Hall–Kier alpha value is -1.65. The number of alkyl halides is 3. The topological polar surface area (TPSA) is 34.1 Å². The van der Waals surface area contributed by atoms with Crippen LogP contribution in [0, 0.1) is 5.92 Å². The Morgan fingerprint density at radius 1 is 1.16 bits per heavy atom. The largest absolute Gasteiger partial charge is 0.450 e. The Kier molecular flexibility index (Phi) is 3.73. The van der Waals surface area contributed by atoms with E-state index in [9.17, 15) is 22.8 Å². The fourth-order valence-corrected chi connectivity index (χ4v) is 2.50. The van der Waals surface area contributed by atoms with Crippen LogP contribution in [0.4, 0.5) is 13.2 Å². The number of hydrogen-bond acceptors (Lipinski definition) is 2. The van der Waals surface area contributed by atoms with Crippen LogP contribution < -0.4 is 0 Å². The summed E-state index contributed by atoms with van der Waals surface area (Å²) in [7, 11) is 0. The van der Waals surface area contributed by atoms with Gasteiger partial charge in [0.1, 0.15) is 5.78 Å². The third kappa shape index (κ3) is 3.03. The SMILES string of the molecule is O=C1CC[C@H](c2ccccc2)C[C@H]1C(=O)C(F)(F)F. The number of hydrogen-bond donors (Lipinski definition) is 0. The minimum Gasteiger partial charge on any atom is -0.299 e. The minimum atomic E-state index is -4.93. The summed E-state index contributed by atoms with van der Waals surface area (Å²) in [5.41, 5.74) is 0.884. The molecule has 19 heavy (non-hydrogen) atoms. The van der Waals surface area contributed by atoms with Gasteiger partial charge in [-0.2, -0.15) is 13.2 Å². The van der Waals surface area contributed by atoms with Crippen molar-refractivity contribution in [3.63, 3.8) is 0 Å². The van der Waals surface area contributed by atoms with Crippen LogP contribution in [0.2, 0.25) is 0 Å². The molecule has 0 saturated heterocycles. The molecule has 2 rings (SSSR count). The van der Waals surface area contributed by atoms with E-state index in [1.54, 1.807) is 12.1 Å². The van der Waals surface area contributed by atoms with Gasteiger partial charge in [-0.05, 0) is 24.3 Å². The van der Waals surface area contributed by atoms with Crippen molar-refractivity contribution in [3.8, 4) is 0 Å². The molecular formula is C14H13F3O2. The molecule has 0 N–H and O–H groups in total. The van der Waals surface area contributed by atoms with Gasteiger partial charge in [-0.1, -0.05) is 30.3 Å². The summed E-state index contributed by atoms with van der Waals surface area (Å²) in [4.78, 5) is 22.8. The van der Waals surface area contributed by atoms with Gasteiger partial charge in [0.05, 0.1) is 5.92 Å². The van der Waals surface area contributed by atoms with Crippen LogP contribution in [0.1, 0.15) is 30.7 Å². The molecular weight excluding hydrogens is 257 g/mol. The Bertz CT molecular complexity index is 479. The first-order valence-corrected chi connectivity index (χ1v) is 6.08. The van der Waals surface area contributed by atoms with Gasteiger partial charge in [-0.15, -0.1) is 0 Å². The zero-order chi connectivity index (χ0) is 14.0. The predicted molar refractivity (Wildman–Crippen MR) is 62.6 cm³/mol. The number of carbonyl (C=O) groups excluding carboxylic acids is 2. The van der Waals surface area contributed by atoms with E-state index in [4.69, 9.17) is 0 Å². The van der Waals surface area contributed by atoms with Crippen LogP contribution in [0.15, 0.2) is 30.3 Å². The lowest BCUT2D eigenvalue weighted by Gasteiger charge is -2.28. The van der Waals surface area contributed by atoms with Crippen molar-refractivity contribution in [3.05, 3.63) is 35.9 Å². The maximum Gasteiger partial charge on any atom is 0.450 e. The smallest absolute Gasteiger partial charge is 0.299 e. The molecule has 1 aliphatic rings. The fraction of sp³-hybridized carbons (Fsp3) is 0.429. The molecule has 0 spiro atoms. The Morgan fingerprint density at radius 3 is 2.37 bits per heavy atom. The van der Waals surface area contributed by atoms with Crippen molar-refractivity contribution in [1.29, 1.82) is 0 Å². The van der Waals surface area contributed by atoms with Gasteiger partial charge in [-0.25, -0.2) is 0 Å². The highest BCUT2D eigenvalue weighted by molar-refractivity contribution is 6.05. The van der Waals surface area contributed by atoms with Gasteiger partial charge in [0.2, 0.25) is 5.78 Å². The van der Waals surface area contributed by atoms with Crippen molar-refractivity contribution in [2.75, 3.05) is 0 Å². The number of Topliss-reactive ketones (excluding diaryl/α,β-unsaturated/α-hetero) is 2. The molecule has 2 nitrogen and oxygen atoms in total. The average molecular weight is 270 g/mol. The third-order valence-electron chi connectivity index (χ3n) is 3.51. The highest BCUT2D eigenvalue weighted by Gasteiger charge is 2.47. The lowest BCUT2D eigenvalue weighted by atomic mass is 9.75. The van der Waals surface area contributed by atoms with Gasteiger partial charge in [0.15, 0.2) is 0 Å². The lowest BCUT2D eigenvalue weighted by Crippen LogP contribution is -2.38. The summed E-state index contributed by atoms with van der Waals surface area (Å²) in [6.45, 7) is 0. The molecule has 0 heterocycles. The Balaban J connectivity index is 2.17. The first kappa shape index (κ1) is 13.8. The molecule has 1 aliphatic carbocycles. The fourth-order valence-electron chi connectivity index (χ4n) is 2.50. The van der Waals surface area contributed by atoms with Crippen molar-refractivity contribution in [2.45, 2.75) is 31.4 Å². The Labute approximate surface area is 108 Å². The predicted octanol–water partition coefficient (Wildman–Crippen LogP) is 3.27. The maximum atomic E-state index is 12.4. The number of benzene rings is 1. The lowest BCUT2D eigenvalue weighted by molar-refractivity contribution is -0.177. The molecule has 1 aromatic rings. The van der Waals surface area contributed by atoms with E-state index in [1.807, 2.05) is 18.2 Å². The number of halogens is 3. The van der Waals surface area contributed by atoms with E-state index >= 15 is 0 Å². The van der Waals surface area contributed by atoms with Crippen molar-refractivity contribution >= 4 is 11.6 Å². The molecule has 0 unspecified atom stereocenters. The molecule has 1 fully saturated rings. The maximum absolute atomic E-state index is 12.4. The van der Waals surface area contributed by atoms with Crippen LogP contribution in [0.5, 0.6) is 0 Å². The van der Waals surface area contributed by atoms with Gasteiger partial charge in [0, 0.05) is 6.42 Å². The summed E-state index contributed by atoms with van der Waals surface area (Å²) in [6, 6.07) is 9.04. The van der Waals surface area contributed by atoms with E-state index in [1.165, 1.54) is 0 Å². The van der Waals surface area contributed by atoms with Crippen molar-refractivity contribution in [1.82, 2.24) is 0 Å². The van der Waals surface area contributed by atoms with Gasteiger partial charge in [0.25, 0.3) is 0 Å². The zero-order valence-corrected chi connectivity index (χ0v) is 10.1. The van der Waals surface area contributed by atoms with Gasteiger partial charge in [-0.3, -0.25) is 9.59 Å². The Morgan fingerprint density at radius 2 is 1.79 bits per heavy atom. The van der Waals surface area contributed by atoms with E-state index in [-0.39, 0.29) is 18.8 Å². The molecule has 2 atom stereocenters. The summed E-state index contributed by atoms with van der Waals surface area (Å²) < 4.78 is 37.3. The second kappa shape index (κ2) is 5.15. The van der Waals surface area contributed by atoms with E-state index in [2.05, 4.69) is 0 Å². The molecule has 1 aromatic carbocycles. The van der Waals surface area contributed by atoms with Crippen LogP contribution in [-0.4, -0.2) is 17.7 Å². The zero-order valence-electron chi connectivity index (χ0n) is 10.1. The summed E-state index contributed by atoms with van der Waals surface area (Å²) in [5.74, 6) is -4.18.